The molecule has 1 unspecified atom stereocenters. The van der Waals surface area contributed by atoms with Crippen LogP contribution in [0.25, 0.3) is 28.4 Å². The fourth-order valence-corrected chi connectivity index (χ4v) is 4.78. The molecule has 0 spiro atoms. The number of fused-ring (bicyclic) bond motifs is 2. The van der Waals surface area contributed by atoms with Gasteiger partial charge in [0.15, 0.2) is 5.82 Å². The minimum Gasteiger partial charge on any atom is -0.380 e. The number of aromatic nitrogens is 4. The zero-order chi connectivity index (χ0) is 21.0. The van der Waals surface area contributed by atoms with Gasteiger partial charge in [-0.2, -0.15) is 9.50 Å². The fraction of sp³-hybridized carbons (Fsp3) is 0.292. The van der Waals surface area contributed by atoms with Gasteiger partial charge in [0, 0.05) is 28.6 Å². The van der Waals surface area contributed by atoms with Crippen molar-refractivity contribution in [1.82, 2.24) is 19.6 Å². The molecule has 2 aromatic carbocycles. The van der Waals surface area contributed by atoms with Crippen molar-refractivity contribution < 1.29 is 0 Å². The lowest BCUT2D eigenvalue weighted by Crippen LogP contribution is -2.36. The van der Waals surface area contributed by atoms with Crippen LogP contribution in [0.15, 0.2) is 48.7 Å². The minimum absolute atomic E-state index is 0.0973. The fourth-order valence-electron chi connectivity index (χ4n) is 4.56. The molecule has 5 nitrogen and oxygen atoms in total. The van der Waals surface area contributed by atoms with Gasteiger partial charge in [-0.15, -0.1) is 5.10 Å². The molecule has 0 amide bonds. The highest BCUT2D eigenvalue weighted by atomic mass is 35.5. The van der Waals surface area contributed by atoms with Crippen LogP contribution < -0.4 is 5.32 Å². The molecule has 30 heavy (non-hydrogen) atoms. The molecule has 0 aliphatic carbocycles. The summed E-state index contributed by atoms with van der Waals surface area (Å²) in [6.45, 7) is 8.96. The Morgan fingerprint density at radius 1 is 1.13 bits per heavy atom. The monoisotopic (exact) mass is 417 g/mol. The number of nitrogens with zero attached hydrogens (tertiary/aromatic N) is 4. The number of aryl methyl sites for hydroxylation is 1. The van der Waals surface area contributed by atoms with Crippen LogP contribution in [-0.2, 0) is 0 Å². The van der Waals surface area contributed by atoms with E-state index in [1.54, 1.807) is 6.20 Å². The van der Waals surface area contributed by atoms with E-state index >= 15 is 0 Å². The van der Waals surface area contributed by atoms with Crippen LogP contribution in [0.4, 0.5) is 5.69 Å². The first kappa shape index (κ1) is 19.1. The summed E-state index contributed by atoms with van der Waals surface area (Å²) in [7, 11) is 0. The van der Waals surface area contributed by atoms with E-state index in [1.165, 1.54) is 16.8 Å². The molecular weight excluding hydrogens is 394 g/mol. The molecule has 0 saturated carbocycles. The van der Waals surface area contributed by atoms with Crippen molar-refractivity contribution in [2.24, 2.45) is 0 Å². The average molecular weight is 418 g/mol. The van der Waals surface area contributed by atoms with Gasteiger partial charge in [-0.1, -0.05) is 30.7 Å². The van der Waals surface area contributed by atoms with Crippen molar-refractivity contribution in [1.29, 1.82) is 0 Å². The lowest BCUT2D eigenvalue weighted by molar-refractivity contribution is 0.454. The van der Waals surface area contributed by atoms with Gasteiger partial charge in [0.1, 0.15) is 0 Å². The highest BCUT2D eigenvalue weighted by Gasteiger charge is 2.30. The summed E-state index contributed by atoms with van der Waals surface area (Å²) in [5, 5.41) is 9.08. The lowest BCUT2D eigenvalue weighted by Gasteiger charge is -2.38. The summed E-state index contributed by atoms with van der Waals surface area (Å²) in [5.41, 5.74) is 6.77. The number of anilines is 1. The molecule has 0 bridgehead atoms. The topological polar surface area (TPSA) is 55.1 Å². The van der Waals surface area contributed by atoms with E-state index in [0.29, 0.717) is 22.5 Å². The summed E-state index contributed by atoms with van der Waals surface area (Å²) in [6.07, 6.45) is 2.88. The summed E-state index contributed by atoms with van der Waals surface area (Å²) in [6, 6.07) is 14.2. The number of halogens is 1. The lowest BCUT2D eigenvalue weighted by atomic mass is 9.80. The molecule has 2 aromatic heterocycles. The highest BCUT2D eigenvalue weighted by Crippen LogP contribution is 2.41. The van der Waals surface area contributed by atoms with Gasteiger partial charge in [0.05, 0.1) is 10.7 Å². The van der Waals surface area contributed by atoms with Crippen molar-refractivity contribution in [2.45, 2.75) is 45.6 Å². The number of hydrogen-bond donors (Lipinski definition) is 1. The minimum atomic E-state index is 0.0973. The molecule has 3 heterocycles. The second-order valence-corrected chi connectivity index (χ2v) is 9.23. The maximum atomic E-state index is 6.37. The quantitative estimate of drug-likeness (QED) is 0.427. The van der Waals surface area contributed by atoms with Crippen LogP contribution >= 0.6 is 11.6 Å². The molecule has 152 valence electrons. The summed E-state index contributed by atoms with van der Waals surface area (Å²) in [4.78, 5) is 9.05. The Hall–Kier alpha value is -2.92. The standard InChI is InChI=1S/C24H24ClN5/c1-14-11-20-17(15(2)13-24(3,4)28-20)12-18(14)21-9-10-26-23-27-22(29-30(21)23)16-7-5-6-8-19(16)25/h5-12,15,28H,13H2,1-4H3. The normalized spacial score (nSPS) is 17.6. The first-order valence-electron chi connectivity index (χ1n) is 10.2. The first-order chi connectivity index (χ1) is 14.3. The molecule has 5 rings (SSSR count). The molecule has 0 fully saturated rings. The second-order valence-electron chi connectivity index (χ2n) is 8.83. The van der Waals surface area contributed by atoms with Crippen LogP contribution in [0.2, 0.25) is 5.02 Å². The van der Waals surface area contributed by atoms with Crippen molar-refractivity contribution in [2.75, 3.05) is 5.32 Å². The predicted molar refractivity (Wildman–Crippen MR) is 122 cm³/mol. The van der Waals surface area contributed by atoms with Gasteiger partial charge in [-0.3, -0.25) is 0 Å². The summed E-state index contributed by atoms with van der Waals surface area (Å²) >= 11 is 6.37. The Balaban J connectivity index is 1.67. The SMILES string of the molecule is Cc1cc2c(cc1-c1ccnc3nc(-c4ccccc4Cl)nn13)C(C)CC(C)(C)N2. The molecule has 0 saturated heterocycles. The van der Waals surface area contributed by atoms with E-state index in [4.69, 9.17) is 16.7 Å². The zero-order valence-electron chi connectivity index (χ0n) is 17.6. The largest absolute Gasteiger partial charge is 0.380 e. The van der Waals surface area contributed by atoms with Crippen molar-refractivity contribution in [3.63, 3.8) is 0 Å². The van der Waals surface area contributed by atoms with Gasteiger partial charge in [-0.05, 0) is 74.6 Å². The molecule has 4 aromatic rings. The van der Waals surface area contributed by atoms with Crippen molar-refractivity contribution >= 4 is 23.1 Å². The average Bonchev–Trinajstić information content (AvgIpc) is 3.11. The Morgan fingerprint density at radius 3 is 2.73 bits per heavy atom. The number of hydrogen-bond acceptors (Lipinski definition) is 4. The van der Waals surface area contributed by atoms with Gasteiger partial charge in [-0.25, -0.2) is 4.98 Å². The van der Waals surface area contributed by atoms with Crippen molar-refractivity contribution in [3.8, 4) is 22.6 Å². The molecule has 6 heteroatoms. The Labute approximate surface area is 181 Å². The summed E-state index contributed by atoms with van der Waals surface area (Å²) in [5.74, 6) is 1.61. The Kier molecular flexibility index (Phi) is 4.33. The molecule has 1 aliphatic heterocycles. The van der Waals surface area contributed by atoms with E-state index in [0.717, 1.165) is 23.2 Å². The van der Waals surface area contributed by atoms with E-state index in [2.05, 4.69) is 55.1 Å². The van der Waals surface area contributed by atoms with Gasteiger partial charge < -0.3 is 5.32 Å². The van der Waals surface area contributed by atoms with Crippen LogP contribution in [0.5, 0.6) is 0 Å². The third-order valence-corrected chi connectivity index (χ3v) is 6.18. The molecule has 1 aliphatic rings. The predicted octanol–water partition coefficient (Wildman–Crippen LogP) is 6.12. The third-order valence-electron chi connectivity index (χ3n) is 5.85. The third kappa shape index (κ3) is 3.14. The van der Waals surface area contributed by atoms with Crippen LogP contribution in [-0.4, -0.2) is 25.1 Å². The Morgan fingerprint density at radius 2 is 1.93 bits per heavy atom. The van der Waals surface area contributed by atoms with Gasteiger partial charge in [0.2, 0.25) is 0 Å². The van der Waals surface area contributed by atoms with E-state index in [-0.39, 0.29) is 5.54 Å². The summed E-state index contributed by atoms with van der Waals surface area (Å²) < 4.78 is 1.82. The Bertz CT molecular complexity index is 1270. The van der Waals surface area contributed by atoms with E-state index in [1.807, 2.05) is 34.8 Å². The maximum absolute atomic E-state index is 6.37. The molecule has 1 atom stereocenters. The number of benzene rings is 2. The zero-order valence-corrected chi connectivity index (χ0v) is 18.3. The van der Waals surface area contributed by atoms with Crippen LogP contribution in [0, 0.1) is 6.92 Å². The number of rotatable bonds is 2. The van der Waals surface area contributed by atoms with Crippen molar-refractivity contribution in [3.05, 3.63) is 64.8 Å². The smallest absolute Gasteiger partial charge is 0.253 e. The van der Waals surface area contributed by atoms with Gasteiger partial charge >= 0.3 is 0 Å². The van der Waals surface area contributed by atoms with E-state index < -0.39 is 0 Å². The van der Waals surface area contributed by atoms with Crippen LogP contribution in [0.1, 0.15) is 44.2 Å². The van der Waals surface area contributed by atoms with Gasteiger partial charge in [0.25, 0.3) is 5.78 Å². The van der Waals surface area contributed by atoms with Crippen LogP contribution in [0.3, 0.4) is 0 Å². The first-order valence-corrected chi connectivity index (χ1v) is 10.6. The molecular formula is C24H24ClN5. The molecule has 1 N–H and O–H groups in total. The van der Waals surface area contributed by atoms with E-state index in [9.17, 15) is 0 Å². The number of nitrogens with one attached hydrogen (secondary N) is 1. The maximum Gasteiger partial charge on any atom is 0.253 e. The molecule has 0 radical (unpaired) electrons. The highest BCUT2D eigenvalue weighted by molar-refractivity contribution is 6.33. The second kappa shape index (κ2) is 6.81.